The fourth-order valence-corrected chi connectivity index (χ4v) is 3.05. The summed E-state index contributed by atoms with van der Waals surface area (Å²) in [7, 11) is 0. The number of halogens is 2. The van der Waals surface area contributed by atoms with E-state index in [1.54, 1.807) is 6.07 Å². The number of benzene rings is 2. The van der Waals surface area contributed by atoms with Gasteiger partial charge in [0.05, 0.1) is 11.4 Å². The molecule has 0 fully saturated rings. The van der Waals surface area contributed by atoms with Crippen molar-refractivity contribution < 1.29 is 9.13 Å². The molecule has 0 N–H and O–H groups in total. The van der Waals surface area contributed by atoms with Crippen molar-refractivity contribution in [3.8, 4) is 5.75 Å². The van der Waals surface area contributed by atoms with E-state index in [1.165, 1.54) is 11.6 Å². The fraction of sp³-hybridized carbons (Fsp3) is 0.250. The third-order valence-corrected chi connectivity index (χ3v) is 4.43. The number of fused-ring (bicyclic) bond motifs is 1. The van der Waals surface area contributed by atoms with Gasteiger partial charge in [0.1, 0.15) is 11.6 Å². The van der Waals surface area contributed by atoms with E-state index < -0.39 is 0 Å². The summed E-state index contributed by atoms with van der Waals surface area (Å²) >= 11 is 3.59. The van der Waals surface area contributed by atoms with Crippen LogP contribution in [0.15, 0.2) is 42.5 Å². The second-order valence-electron chi connectivity index (χ2n) is 4.70. The van der Waals surface area contributed by atoms with Gasteiger partial charge in [-0.2, -0.15) is 0 Å². The van der Waals surface area contributed by atoms with Gasteiger partial charge < -0.3 is 4.74 Å². The molecule has 0 aromatic heterocycles. The molecule has 0 radical (unpaired) electrons. The average molecular weight is 321 g/mol. The molecule has 0 saturated carbocycles. The molecule has 0 amide bonds. The number of aryl methyl sites for hydroxylation is 1. The fourth-order valence-electron chi connectivity index (χ4n) is 2.40. The van der Waals surface area contributed by atoms with Crippen LogP contribution in [-0.4, -0.2) is 6.61 Å². The molecular formula is C16H14BrFO. The first-order valence-corrected chi connectivity index (χ1v) is 7.31. The minimum Gasteiger partial charge on any atom is -0.493 e. The van der Waals surface area contributed by atoms with E-state index in [0.717, 1.165) is 30.8 Å². The molecule has 0 spiro atoms. The molecule has 1 nitrogen and oxygen atoms in total. The highest BCUT2D eigenvalue weighted by Gasteiger charge is 2.17. The number of ether oxygens (including phenoxy) is 1. The van der Waals surface area contributed by atoms with Crippen LogP contribution in [0.4, 0.5) is 4.39 Å². The molecule has 0 aliphatic carbocycles. The molecule has 1 atom stereocenters. The Labute approximate surface area is 120 Å². The molecule has 1 aliphatic heterocycles. The van der Waals surface area contributed by atoms with Gasteiger partial charge in [0.25, 0.3) is 0 Å². The van der Waals surface area contributed by atoms with Gasteiger partial charge in [-0.05, 0) is 36.1 Å². The molecule has 1 aliphatic rings. The zero-order valence-electron chi connectivity index (χ0n) is 10.4. The third-order valence-electron chi connectivity index (χ3n) is 3.40. The average Bonchev–Trinajstić information content (AvgIpc) is 2.46. The van der Waals surface area contributed by atoms with Gasteiger partial charge in [-0.3, -0.25) is 0 Å². The van der Waals surface area contributed by atoms with Crippen LogP contribution in [0.25, 0.3) is 0 Å². The number of hydrogen-bond acceptors (Lipinski definition) is 1. The van der Waals surface area contributed by atoms with Crippen LogP contribution < -0.4 is 4.74 Å². The lowest BCUT2D eigenvalue weighted by molar-refractivity contribution is 0.288. The van der Waals surface area contributed by atoms with E-state index in [9.17, 15) is 4.39 Å². The zero-order chi connectivity index (χ0) is 13.2. The highest BCUT2D eigenvalue weighted by Crippen LogP contribution is 2.35. The smallest absolute Gasteiger partial charge is 0.127 e. The summed E-state index contributed by atoms with van der Waals surface area (Å²) in [5.74, 6) is 0.779. The van der Waals surface area contributed by atoms with E-state index in [4.69, 9.17) is 4.74 Å². The zero-order valence-corrected chi connectivity index (χ0v) is 12.0. The molecule has 0 bridgehead atoms. The van der Waals surface area contributed by atoms with Crippen molar-refractivity contribution in [1.29, 1.82) is 0 Å². The summed E-state index contributed by atoms with van der Waals surface area (Å²) in [4.78, 5) is -0.124. The molecule has 3 rings (SSSR count). The van der Waals surface area contributed by atoms with Crippen LogP contribution in [0, 0.1) is 5.82 Å². The normalized spacial score (nSPS) is 15.5. The van der Waals surface area contributed by atoms with E-state index in [1.807, 2.05) is 24.3 Å². The first-order chi connectivity index (χ1) is 9.25. The summed E-state index contributed by atoms with van der Waals surface area (Å²) < 4.78 is 19.4. The molecule has 1 heterocycles. The number of hydrogen-bond donors (Lipinski definition) is 0. The van der Waals surface area contributed by atoms with Crippen molar-refractivity contribution in [2.24, 2.45) is 0 Å². The lowest BCUT2D eigenvalue weighted by atomic mass is 9.99. The Kier molecular flexibility index (Phi) is 3.56. The summed E-state index contributed by atoms with van der Waals surface area (Å²) in [6, 6.07) is 13.0. The highest BCUT2D eigenvalue weighted by molar-refractivity contribution is 9.09. The Morgan fingerprint density at radius 2 is 2.00 bits per heavy atom. The van der Waals surface area contributed by atoms with Crippen molar-refractivity contribution in [3.05, 3.63) is 65.0 Å². The Morgan fingerprint density at radius 1 is 1.16 bits per heavy atom. The standard InChI is InChI=1S/C16H14BrFO/c17-16(13-5-1-2-6-14(13)18)12-7-8-15-11(10-12)4-3-9-19-15/h1-2,5-8,10,16H,3-4,9H2. The maximum Gasteiger partial charge on any atom is 0.127 e. The van der Waals surface area contributed by atoms with E-state index in [-0.39, 0.29) is 10.6 Å². The van der Waals surface area contributed by atoms with Crippen LogP contribution in [0.1, 0.15) is 27.9 Å². The van der Waals surface area contributed by atoms with Crippen molar-refractivity contribution in [2.75, 3.05) is 6.61 Å². The van der Waals surface area contributed by atoms with Gasteiger partial charge in [0, 0.05) is 5.56 Å². The molecule has 2 aromatic carbocycles. The number of rotatable bonds is 2. The van der Waals surface area contributed by atoms with Gasteiger partial charge in [-0.1, -0.05) is 46.3 Å². The molecule has 3 heteroatoms. The van der Waals surface area contributed by atoms with Crippen LogP contribution in [0.5, 0.6) is 5.75 Å². The SMILES string of the molecule is Fc1ccccc1C(Br)c1ccc2c(c1)CCCO2. The largest absolute Gasteiger partial charge is 0.493 e. The van der Waals surface area contributed by atoms with Gasteiger partial charge >= 0.3 is 0 Å². The van der Waals surface area contributed by atoms with Gasteiger partial charge in [-0.25, -0.2) is 4.39 Å². The first kappa shape index (κ1) is 12.7. The van der Waals surface area contributed by atoms with E-state index in [0.29, 0.717) is 5.56 Å². The predicted octanol–water partition coefficient (Wildman–Crippen LogP) is 4.64. The van der Waals surface area contributed by atoms with Gasteiger partial charge in [-0.15, -0.1) is 0 Å². The van der Waals surface area contributed by atoms with Gasteiger partial charge in [0.15, 0.2) is 0 Å². The second kappa shape index (κ2) is 5.33. The number of alkyl halides is 1. The molecule has 1 unspecified atom stereocenters. The maximum absolute atomic E-state index is 13.8. The highest BCUT2D eigenvalue weighted by atomic mass is 79.9. The Balaban J connectivity index is 1.96. The van der Waals surface area contributed by atoms with E-state index >= 15 is 0 Å². The molecular weight excluding hydrogens is 307 g/mol. The monoisotopic (exact) mass is 320 g/mol. The summed E-state index contributed by atoms with van der Waals surface area (Å²) in [6.45, 7) is 0.789. The third kappa shape index (κ3) is 2.52. The van der Waals surface area contributed by atoms with Crippen LogP contribution in [0.2, 0.25) is 0 Å². The molecule has 0 saturated heterocycles. The quantitative estimate of drug-likeness (QED) is 0.733. The predicted molar refractivity (Wildman–Crippen MR) is 77.4 cm³/mol. The minimum atomic E-state index is -0.182. The summed E-state index contributed by atoms with van der Waals surface area (Å²) in [5.41, 5.74) is 2.94. The Hall–Kier alpha value is -1.35. The second-order valence-corrected chi connectivity index (χ2v) is 5.62. The summed E-state index contributed by atoms with van der Waals surface area (Å²) in [6.07, 6.45) is 2.07. The Bertz CT molecular complexity index is 597. The topological polar surface area (TPSA) is 9.23 Å². The van der Waals surface area contributed by atoms with Crippen molar-refractivity contribution in [1.82, 2.24) is 0 Å². The summed E-state index contributed by atoms with van der Waals surface area (Å²) in [5, 5.41) is 0. The van der Waals surface area contributed by atoms with E-state index in [2.05, 4.69) is 22.0 Å². The maximum atomic E-state index is 13.8. The molecule has 2 aromatic rings. The van der Waals surface area contributed by atoms with Crippen LogP contribution >= 0.6 is 15.9 Å². The van der Waals surface area contributed by atoms with Crippen molar-refractivity contribution >= 4 is 15.9 Å². The van der Waals surface area contributed by atoms with Crippen LogP contribution in [0.3, 0.4) is 0 Å². The molecule has 19 heavy (non-hydrogen) atoms. The minimum absolute atomic E-state index is 0.124. The lowest BCUT2D eigenvalue weighted by Crippen LogP contribution is -2.09. The molecule has 98 valence electrons. The Morgan fingerprint density at radius 3 is 2.84 bits per heavy atom. The van der Waals surface area contributed by atoms with Crippen molar-refractivity contribution in [3.63, 3.8) is 0 Å². The van der Waals surface area contributed by atoms with Crippen LogP contribution in [-0.2, 0) is 6.42 Å². The van der Waals surface area contributed by atoms with Crippen molar-refractivity contribution in [2.45, 2.75) is 17.7 Å². The lowest BCUT2D eigenvalue weighted by Gasteiger charge is -2.19. The first-order valence-electron chi connectivity index (χ1n) is 6.40. The van der Waals surface area contributed by atoms with Gasteiger partial charge in [0.2, 0.25) is 0 Å².